The van der Waals surface area contributed by atoms with E-state index in [9.17, 15) is 0 Å². The molecule has 0 fully saturated rings. The van der Waals surface area contributed by atoms with Crippen molar-refractivity contribution in [2.75, 3.05) is 0 Å². The molecule has 0 heterocycles. The van der Waals surface area contributed by atoms with Gasteiger partial charge in [0.15, 0.2) is 12.6 Å². The van der Waals surface area contributed by atoms with Gasteiger partial charge in [-0.1, -0.05) is 0 Å². The molecule has 0 aliphatic heterocycles. The Labute approximate surface area is 45.1 Å². The first-order valence-corrected chi connectivity index (χ1v) is 0.805. The summed E-state index contributed by atoms with van der Waals surface area (Å²) in [6.07, 6.45) is 0.389. The van der Waals surface area contributed by atoms with Crippen LogP contribution in [0.4, 0.5) is 0 Å². The van der Waals surface area contributed by atoms with E-state index in [1.165, 1.54) is 0 Å². The molecule has 0 N–H and O–H groups in total. The summed E-state index contributed by atoms with van der Waals surface area (Å²) in [5.41, 5.74) is 0. The van der Waals surface area contributed by atoms with Gasteiger partial charge in [0.2, 0.25) is 0 Å². The van der Waals surface area contributed by atoms with Crippen molar-refractivity contribution >= 4 is 12.6 Å². The number of aldehydes is 2. The first-order chi connectivity index (χ1) is 1.91. The van der Waals surface area contributed by atoms with Crippen molar-refractivity contribution in [1.82, 2.24) is 0 Å². The quantitative estimate of drug-likeness (QED) is 0.295. The molecule has 0 aromatic rings. The normalized spacial score (nSPS) is 4.00. The molecule has 0 bridgehead atoms. The Morgan fingerprint density at radius 3 is 1.20 bits per heavy atom. The maximum absolute atomic E-state index is 8.81. The number of carbonyl (C=O) groups is 2. The Kier molecular flexibility index (Phi) is 15.9. The van der Waals surface area contributed by atoms with Crippen LogP contribution in [0.2, 0.25) is 0 Å². The average molecular weight is 166 g/mol. The van der Waals surface area contributed by atoms with Gasteiger partial charge in [-0.3, -0.25) is 9.59 Å². The van der Waals surface area contributed by atoms with E-state index in [1.54, 1.807) is 0 Å². The maximum atomic E-state index is 8.81. The largest absolute Gasteiger partial charge is 0.295 e. The summed E-state index contributed by atoms with van der Waals surface area (Å²) in [5.74, 6) is 0. The van der Waals surface area contributed by atoms with Crippen molar-refractivity contribution in [3.63, 3.8) is 0 Å². The monoisotopic (exact) mass is 165 g/mol. The third-order valence-electron chi connectivity index (χ3n) is 0.0556. The van der Waals surface area contributed by atoms with Crippen LogP contribution in [0.3, 0.4) is 0 Å². The van der Waals surface area contributed by atoms with E-state index in [-0.39, 0.29) is 35.0 Å². The van der Waals surface area contributed by atoms with Crippen LogP contribution in [-0.2, 0) is 32.0 Å². The summed E-state index contributed by atoms with van der Waals surface area (Å²) >= 11 is 0. The minimum Gasteiger partial charge on any atom is -0.295 e. The van der Waals surface area contributed by atoms with Crippen molar-refractivity contribution in [1.29, 1.82) is 0 Å². The summed E-state index contributed by atoms with van der Waals surface area (Å²) in [5, 5.41) is 0. The molecule has 33 valence electrons. The van der Waals surface area contributed by atoms with E-state index in [4.69, 9.17) is 9.59 Å². The fourth-order valence-corrected chi connectivity index (χ4v) is 0. The molecule has 0 rings (SSSR count). The number of hydrogen-bond acceptors (Lipinski definition) is 2. The van der Waals surface area contributed by atoms with Gasteiger partial charge < -0.3 is 0 Å². The molecule has 0 aliphatic rings. The summed E-state index contributed by atoms with van der Waals surface area (Å²) in [6, 6.07) is 0. The van der Waals surface area contributed by atoms with E-state index in [2.05, 4.69) is 0 Å². The zero-order valence-electron chi connectivity index (χ0n) is 2.27. The van der Waals surface area contributed by atoms with Crippen molar-refractivity contribution in [3.05, 3.63) is 0 Å². The van der Waals surface area contributed by atoms with Gasteiger partial charge in [-0.2, -0.15) is 0 Å². The molecular formula is C2H2AgO2. The molecule has 2 nitrogen and oxygen atoms in total. The maximum Gasteiger partial charge on any atom is 0.182 e. The Hall–Kier alpha value is 0.0803. The molecule has 0 saturated carbocycles. The molecule has 0 saturated heterocycles. The zero-order valence-corrected chi connectivity index (χ0v) is 3.75. The SMILES string of the molecule is O=CC=O.[Ag]. The molecule has 0 aliphatic carbocycles. The minimum atomic E-state index is 0. The van der Waals surface area contributed by atoms with E-state index < -0.39 is 0 Å². The minimum absolute atomic E-state index is 0. The summed E-state index contributed by atoms with van der Waals surface area (Å²) in [6.45, 7) is 0. The fourth-order valence-electron chi connectivity index (χ4n) is 0. The zero-order chi connectivity index (χ0) is 3.41. The second-order valence-electron chi connectivity index (χ2n) is 0.272. The molecule has 5 heavy (non-hydrogen) atoms. The van der Waals surface area contributed by atoms with Crippen LogP contribution in [0.15, 0.2) is 0 Å². The molecule has 0 spiro atoms. The van der Waals surface area contributed by atoms with Gasteiger partial charge >= 0.3 is 0 Å². The molecule has 0 aromatic heterocycles. The predicted molar refractivity (Wildman–Crippen MR) is 12.1 cm³/mol. The van der Waals surface area contributed by atoms with Gasteiger partial charge in [-0.15, -0.1) is 0 Å². The fraction of sp³-hybridized carbons (Fsp3) is 0. The molecular weight excluding hydrogens is 164 g/mol. The van der Waals surface area contributed by atoms with E-state index in [1.807, 2.05) is 0 Å². The van der Waals surface area contributed by atoms with E-state index >= 15 is 0 Å². The third-order valence-corrected chi connectivity index (χ3v) is 0.0556. The second-order valence-corrected chi connectivity index (χ2v) is 0.272. The van der Waals surface area contributed by atoms with Gasteiger partial charge in [-0.25, -0.2) is 0 Å². The Morgan fingerprint density at radius 1 is 1.00 bits per heavy atom. The summed E-state index contributed by atoms with van der Waals surface area (Å²) in [4.78, 5) is 17.6. The topological polar surface area (TPSA) is 34.1 Å². The van der Waals surface area contributed by atoms with Crippen LogP contribution in [0.1, 0.15) is 0 Å². The van der Waals surface area contributed by atoms with Crippen LogP contribution >= 0.6 is 0 Å². The second kappa shape index (κ2) is 8.95. The number of rotatable bonds is 1. The van der Waals surface area contributed by atoms with Gasteiger partial charge in [0.25, 0.3) is 0 Å². The van der Waals surface area contributed by atoms with Crippen LogP contribution in [0, 0.1) is 0 Å². The average Bonchev–Trinajstić information content (AvgIpc) is 1.37. The van der Waals surface area contributed by atoms with E-state index in [0.29, 0.717) is 0 Å². The smallest absolute Gasteiger partial charge is 0.182 e. The van der Waals surface area contributed by atoms with Gasteiger partial charge in [0, 0.05) is 22.4 Å². The molecule has 3 heteroatoms. The van der Waals surface area contributed by atoms with Crippen molar-refractivity contribution in [3.8, 4) is 0 Å². The first-order valence-electron chi connectivity index (χ1n) is 0.805. The Bertz CT molecular complexity index is 28.6. The van der Waals surface area contributed by atoms with Crippen molar-refractivity contribution in [2.45, 2.75) is 0 Å². The standard InChI is InChI=1S/C2H2O2.Ag/c3-1-2-4;/h1-2H;. The molecule has 0 unspecified atom stereocenters. The summed E-state index contributed by atoms with van der Waals surface area (Å²) in [7, 11) is 0. The molecule has 0 atom stereocenters. The van der Waals surface area contributed by atoms with Gasteiger partial charge in [0.1, 0.15) is 0 Å². The predicted octanol–water partition coefficient (Wildman–Crippen LogP) is -0.618. The number of carbonyl (C=O) groups excluding carboxylic acids is 2. The third kappa shape index (κ3) is 15.1. The summed E-state index contributed by atoms with van der Waals surface area (Å²) < 4.78 is 0. The van der Waals surface area contributed by atoms with Gasteiger partial charge in [0.05, 0.1) is 0 Å². The number of hydrogen-bond donors (Lipinski definition) is 0. The van der Waals surface area contributed by atoms with Crippen LogP contribution in [-0.4, -0.2) is 12.6 Å². The van der Waals surface area contributed by atoms with Crippen LogP contribution in [0.5, 0.6) is 0 Å². The van der Waals surface area contributed by atoms with Crippen LogP contribution in [0.25, 0.3) is 0 Å². The molecule has 1 radical (unpaired) electrons. The van der Waals surface area contributed by atoms with Crippen molar-refractivity contribution in [2.24, 2.45) is 0 Å². The first kappa shape index (κ1) is 8.91. The Balaban J connectivity index is 0. The Morgan fingerprint density at radius 2 is 1.20 bits per heavy atom. The molecule has 0 aromatic carbocycles. The van der Waals surface area contributed by atoms with Gasteiger partial charge in [-0.05, 0) is 0 Å². The van der Waals surface area contributed by atoms with Crippen molar-refractivity contribution < 1.29 is 32.0 Å². The molecule has 0 amide bonds. The van der Waals surface area contributed by atoms with E-state index in [0.717, 1.165) is 0 Å². The van der Waals surface area contributed by atoms with Crippen LogP contribution < -0.4 is 0 Å².